The van der Waals surface area contributed by atoms with Crippen LogP contribution in [0.15, 0.2) is 18.2 Å². The van der Waals surface area contributed by atoms with Crippen LogP contribution in [0.25, 0.3) is 0 Å². The van der Waals surface area contributed by atoms with Crippen molar-refractivity contribution in [2.75, 3.05) is 39.2 Å². The van der Waals surface area contributed by atoms with Crippen LogP contribution in [-0.2, 0) is 11.3 Å². The van der Waals surface area contributed by atoms with E-state index in [2.05, 4.69) is 10.2 Å². The lowest BCUT2D eigenvalue weighted by Gasteiger charge is -2.32. The fourth-order valence-electron chi connectivity index (χ4n) is 2.96. The number of nitrogens with one attached hydrogen (secondary N) is 1. The van der Waals surface area contributed by atoms with Crippen molar-refractivity contribution in [3.8, 4) is 0 Å². The Bertz CT molecular complexity index is 491. The second-order valence-corrected chi connectivity index (χ2v) is 5.56. The number of hydrogen-bond acceptors (Lipinski definition) is 5. The first kappa shape index (κ1) is 15.7. The Morgan fingerprint density at radius 1 is 1.52 bits per heavy atom. The van der Waals surface area contributed by atoms with Crippen molar-refractivity contribution in [2.24, 2.45) is 5.92 Å². The minimum Gasteiger partial charge on any atom is -0.384 e. The Morgan fingerprint density at radius 2 is 2.33 bits per heavy atom. The van der Waals surface area contributed by atoms with E-state index < -0.39 is 0 Å². The molecule has 0 radical (unpaired) electrons. The van der Waals surface area contributed by atoms with Crippen molar-refractivity contribution in [2.45, 2.75) is 19.4 Å². The van der Waals surface area contributed by atoms with E-state index in [0.717, 1.165) is 38.2 Å². The fourth-order valence-corrected chi connectivity index (χ4v) is 2.96. The number of benzene rings is 1. The Labute approximate surface area is 125 Å². The molecule has 1 heterocycles. The van der Waals surface area contributed by atoms with Crippen molar-refractivity contribution in [3.63, 3.8) is 0 Å². The van der Waals surface area contributed by atoms with Crippen LogP contribution in [-0.4, -0.2) is 43.7 Å². The zero-order chi connectivity index (χ0) is 15.2. The van der Waals surface area contributed by atoms with Gasteiger partial charge in [0.15, 0.2) is 0 Å². The number of methoxy groups -OCH3 is 1. The van der Waals surface area contributed by atoms with Gasteiger partial charge in [-0.3, -0.25) is 15.0 Å². The van der Waals surface area contributed by atoms with Crippen molar-refractivity contribution in [1.82, 2.24) is 4.90 Å². The van der Waals surface area contributed by atoms with Gasteiger partial charge in [-0.25, -0.2) is 0 Å². The predicted octanol–water partition coefficient (Wildman–Crippen LogP) is 2.49. The highest BCUT2D eigenvalue weighted by atomic mass is 16.6. The maximum atomic E-state index is 11.1. The molecular formula is C15H23N3O3. The highest BCUT2D eigenvalue weighted by Crippen LogP contribution is 2.26. The molecule has 1 aromatic rings. The van der Waals surface area contributed by atoms with Crippen molar-refractivity contribution in [3.05, 3.63) is 33.9 Å². The molecule has 1 N–H and O–H groups in total. The molecule has 1 aliphatic rings. The summed E-state index contributed by atoms with van der Waals surface area (Å²) in [5.74, 6) is 0.565. The molecule has 1 aliphatic heterocycles. The summed E-state index contributed by atoms with van der Waals surface area (Å²) in [4.78, 5) is 13.1. The number of piperidine rings is 1. The van der Waals surface area contributed by atoms with Crippen LogP contribution in [0.4, 0.5) is 11.4 Å². The summed E-state index contributed by atoms with van der Waals surface area (Å²) in [5.41, 5.74) is 1.68. The lowest BCUT2D eigenvalue weighted by Crippen LogP contribution is -2.36. The van der Waals surface area contributed by atoms with E-state index in [1.54, 1.807) is 26.3 Å². The van der Waals surface area contributed by atoms with Crippen LogP contribution in [0.3, 0.4) is 0 Å². The van der Waals surface area contributed by atoms with Crippen LogP contribution in [0, 0.1) is 16.0 Å². The molecule has 0 saturated carbocycles. The number of rotatable bonds is 6. The van der Waals surface area contributed by atoms with E-state index in [1.807, 2.05) is 6.07 Å². The monoisotopic (exact) mass is 293 g/mol. The molecule has 0 aliphatic carbocycles. The van der Waals surface area contributed by atoms with Gasteiger partial charge >= 0.3 is 0 Å². The summed E-state index contributed by atoms with van der Waals surface area (Å²) in [6, 6.07) is 5.41. The number of nitro benzene ring substituents is 1. The minimum atomic E-state index is -0.334. The molecule has 0 spiro atoms. The van der Waals surface area contributed by atoms with E-state index >= 15 is 0 Å². The molecule has 21 heavy (non-hydrogen) atoms. The first-order valence-corrected chi connectivity index (χ1v) is 7.30. The molecule has 6 heteroatoms. The summed E-state index contributed by atoms with van der Waals surface area (Å²) >= 11 is 0. The number of nitro groups is 1. The SMILES string of the molecule is CNc1ccc(CN2CCCC(COC)C2)cc1[N+](=O)[O-]. The van der Waals surface area contributed by atoms with Crippen LogP contribution in [0.1, 0.15) is 18.4 Å². The molecule has 1 aromatic carbocycles. The summed E-state index contributed by atoms with van der Waals surface area (Å²) in [5, 5.41) is 14.0. The summed E-state index contributed by atoms with van der Waals surface area (Å²) < 4.78 is 5.24. The van der Waals surface area contributed by atoms with Crippen molar-refractivity contribution < 1.29 is 9.66 Å². The van der Waals surface area contributed by atoms with Crippen molar-refractivity contribution >= 4 is 11.4 Å². The summed E-state index contributed by atoms with van der Waals surface area (Å²) in [7, 11) is 3.43. The highest BCUT2D eigenvalue weighted by Gasteiger charge is 2.21. The summed E-state index contributed by atoms with van der Waals surface area (Å²) in [6.07, 6.45) is 2.36. The van der Waals surface area contributed by atoms with Gasteiger partial charge < -0.3 is 10.1 Å². The molecule has 1 atom stereocenters. The van der Waals surface area contributed by atoms with Crippen molar-refractivity contribution in [1.29, 1.82) is 0 Å². The molecule has 1 fully saturated rings. The highest BCUT2D eigenvalue weighted by molar-refractivity contribution is 5.62. The third kappa shape index (κ3) is 4.15. The average Bonchev–Trinajstić information content (AvgIpc) is 2.48. The smallest absolute Gasteiger partial charge is 0.292 e. The molecule has 116 valence electrons. The standard InChI is InChI=1S/C15H23N3O3/c1-16-14-6-5-12(8-15(14)18(19)20)9-17-7-3-4-13(10-17)11-21-2/h5-6,8,13,16H,3-4,7,9-11H2,1-2H3. The number of nitrogens with zero attached hydrogens (tertiary/aromatic N) is 2. The number of ether oxygens (including phenoxy) is 1. The van der Waals surface area contributed by atoms with Gasteiger partial charge in [0.25, 0.3) is 5.69 Å². The van der Waals surface area contributed by atoms with Gasteiger partial charge in [-0.1, -0.05) is 6.07 Å². The molecule has 1 unspecified atom stereocenters. The Kier molecular flexibility index (Phi) is 5.52. The van der Waals surface area contributed by atoms with Crippen LogP contribution >= 0.6 is 0 Å². The van der Waals surface area contributed by atoms with Crippen LogP contribution in [0.5, 0.6) is 0 Å². The lowest BCUT2D eigenvalue weighted by molar-refractivity contribution is -0.384. The molecule has 2 rings (SSSR count). The van der Waals surface area contributed by atoms with Gasteiger partial charge in [0.05, 0.1) is 11.5 Å². The van der Waals surface area contributed by atoms with E-state index in [1.165, 1.54) is 6.42 Å². The van der Waals surface area contributed by atoms with Gasteiger partial charge in [-0.05, 0) is 36.9 Å². The maximum Gasteiger partial charge on any atom is 0.292 e. The molecular weight excluding hydrogens is 270 g/mol. The Balaban J connectivity index is 2.05. The first-order chi connectivity index (χ1) is 10.1. The third-order valence-corrected chi connectivity index (χ3v) is 3.94. The van der Waals surface area contributed by atoms with E-state index in [9.17, 15) is 10.1 Å². The molecule has 1 saturated heterocycles. The second-order valence-electron chi connectivity index (χ2n) is 5.56. The zero-order valence-electron chi connectivity index (χ0n) is 12.7. The molecule has 0 amide bonds. The van der Waals surface area contributed by atoms with E-state index in [4.69, 9.17) is 4.74 Å². The van der Waals surface area contributed by atoms with Gasteiger partial charge in [0.2, 0.25) is 0 Å². The van der Waals surface area contributed by atoms with Gasteiger partial charge in [-0.15, -0.1) is 0 Å². The number of anilines is 1. The lowest BCUT2D eigenvalue weighted by atomic mass is 9.98. The quantitative estimate of drug-likeness (QED) is 0.644. The molecule has 0 bridgehead atoms. The number of hydrogen-bond donors (Lipinski definition) is 1. The Morgan fingerprint density at radius 3 is 3.00 bits per heavy atom. The maximum absolute atomic E-state index is 11.1. The van der Waals surface area contributed by atoms with Gasteiger partial charge in [0, 0.05) is 33.3 Å². The second kappa shape index (κ2) is 7.38. The molecule has 0 aromatic heterocycles. The minimum absolute atomic E-state index is 0.139. The predicted molar refractivity (Wildman–Crippen MR) is 82.5 cm³/mol. The van der Waals surface area contributed by atoms with Gasteiger partial charge in [-0.2, -0.15) is 0 Å². The normalized spacial score (nSPS) is 19.4. The zero-order valence-corrected chi connectivity index (χ0v) is 12.7. The average molecular weight is 293 g/mol. The fraction of sp³-hybridized carbons (Fsp3) is 0.600. The summed E-state index contributed by atoms with van der Waals surface area (Å²) in [6.45, 7) is 3.58. The largest absolute Gasteiger partial charge is 0.384 e. The first-order valence-electron chi connectivity index (χ1n) is 7.30. The van der Waals surface area contributed by atoms with Gasteiger partial charge in [0.1, 0.15) is 5.69 Å². The Hall–Kier alpha value is -1.66. The van der Waals surface area contributed by atoms with Crippen LogP contribution < -0.4 is 5.32 Å². The topological polar surface area (TPSA) is 67.6 Å². The van der Waals surface area contributed by atoms with E-state index in [-0.39, 0.29) is 10.6 Å². The third-order valence-electron chi connectivity index (χ3n) is 3.94. The van der Waals surface area contributed by atoms with Crippen LogP contribution in [0.2, 0.25) is 0 Å². The molecule has 6 nitrogen and oxygen atoms in total. The number of likely N-dealkylation sites (tertiary alicyclic amines) is 1. The van der Waals surface area contributed by atoms with E-state index in [0.29, 0.717) is 11.6 Å².